The monoisotopic (exact) mass is 265 g/mol. The molecule has 0 spiro atoms. The lowest BCUT2D eigenvalue weighted by atomic mass is 9.93. The summed E-state index contributed by atoms with van der Waals surface area (Å²) in [5.74, 6) is -2.02. The van der Waals surface area contributed by atoms with E-state index in [1.54, 1.807) is 4.90 Å². The third-order valence-electron chi connectivity index (χ3n) is 3.58. The number of amides is 1. The van der Waals surface area contributed by atoms with E-state index in [2.05, 4.69) is 0 Å². The summed E-state index contributed by atoms with van der Waals surface area (Å²) in [6.45, 7) is 2.12. The number of halogens is 1. The lowest BCUT2D eigenvalue weighted by Crippen LogP contribution is -2.47. The Morgan fingerprint density at radius 3 is 2.47 bits per heavy atom. The van der Waals surface area contributed by atoms with Crippen LogP contribution in [0.5, 0.6) is 0 Å². The van der Waals surface area contributed by atoms with Crippen molar-refractivity contribution in [1.29, 1.82) is 0 Å². The second kappa shape index (κ2) is 5.38. The number of carbonyl (C=O) groups is 2. The maximum atomic E-state index is 12.8. The van der Waals surface area contributed by atoms with Gasteiger partial charge >= 0.3 is 5.97 Å². The highest BCUT2D eigenvalue weighted by molar-refractivity contribution is 5.94. The first-order valence-corrected chi connectivity index (χ1v) is 6.28. The zero-order chi connectivity index (χ0) is 14.0. The zero-order valence-corrected chi connectivity index (χ0v) is 10.7. The normalized spacial score (nSPS) is 23.2. The van der Waals surface area contributed by atoms with E-state index in [4.69, 9.17) is 5.11 Å². The Kier molecular flexibility index (Phi) is 3.83. The van der Waals surface area contributed by atoms with Crippen molar-refractivity contribution in [3.63, 3.8) is 0 Å². The summed E-state index contributed by atoms with van der Waals surface area (Å²) in [5, 5.41) is 9.04. The van der Waals surface area contributed by atoms with Gasteiger partial charge < -0.3 is 10.0 Å². The van der Waals surface area contributed by atoms with Gasteiger partial charge in [-0.05, 0) is 44.0 Å². The van der Waals surface area contributed by atoms with E-state index in [0.29, 0.717) is 18.4 Å². The summed E-state index contributed by atoms with van der Waals surface area (Å²) >= 11 is 0. The molecule has 0 bridgehead atoms. The summed E-state index contributed by atoms with van der Waals surface area (Å²) in [4.78, 5) is 24.9. The van der Waals surface area contributed by atoms with Crippen LogP contribution in [0.15, 0.2) is 24.3 Å². The molecule has 0 radical (unpaired) electrons. The number of piperidine rings is 1. The molecule has 2 atom stereocenters. The molecule has 1 fully saturated rings. The minimum absolute atomic E-state index is 0.00755. The molecule has 0 saturated carbocycles. The fraction of sp³-hybridized carbons (Fsp3) is 0.429. The molecule has 0 aliphatic carbocycles. The van der Waals surface area contributed by atoms with Gasteiger partial charge in [0.1, 0.15) is 5.82 Å². The number of hydrogen-bond donors (Lipinski definition) is 1. The van der Waals surface area contributed by atoms with Gasteiger partial charge in [0.15, 0.2) is 0 Å². The number of benzene rings is 1. The van der Waals surface area contributed by atoms with Gasteiger partial charge in [-0.1, -0.05) is 0 Å². The Morgan fingerprint density at radius 2 is 1.89 bits per heavy atom. The lowest BCUT2D eigenvalue weighted by molar-refractivity contribution is -0.143. The van der Waals surface area contributed by atoms with Crippen LogP contribution in [0.4, 0.5) is 4.39 Å². The molecule has 1 heterocycles. The van der Waals surface area contributed by atoms with E-state index in [9.17, 15) is 14.0 Å². The number of carbonyl (C=O) groups excluding carboxylic acids is 1. The van der Waals surface area contributed by atoms with Gasteiger partial charge in [-0.15, -0.1) is 0 Å². The molecular formula is C14H16FNO3. The third-order valence-corrected chi connectivity index (χ3v) is 3.58. The van der Waals surface area contributed by atoms with Gasteiger partial charge in [0.25, 0.3) is 5.91 Å². The van der Waals surface area contributed by atoms with Crippen molar-refractivity contribution >= 4 is 11.9 Å². The highest BCUT2D eigenvalue weighted by Gasteiger charge is 2.32. The predicted octanol–water partition coefficient (Wildman–Crippen LogP) is 2.15. The summed E-state index contributed by atoms with van der Waals surface area (Å²) < 4.78 is 12.8. The molecule has 0 aromatic heterocycles. The summed E-state index contributed by atoms with van der Waals surface area (Å²) in [6.07, 6.45) is 1.26. The van der Waals surface area contributed by atoms with E-state index in [0.717, 1.165) is 0 Å². The van der Waals surface area contributed by atoms with E-state index in [1.807, 2.05) is 6.92 Å². The first-order valence-electron chi connectivity index (χ1n) is 6.28. The van der Waals surface area contributed by atoms with Crippen LogP contribution in [0.1, 0.15) is 30.1 Å². The first kappa shape index (κ1) is 13.5. The number of carboxylic acid groups (broad SMARTS) is 1. The van der Waals surface area contributed by atoms with Crippen LogP contribution in [-0.4, -0.2) is 34.5 Å². The maximum Gasteiger partial charge on any atom is 0.308 e. The standard InChI is InChI=1S/C14H16FNO3/c1-9-2-3-11(14(18)19)8-16(9)13(17)10-4-6-12(15)7-5-10/h4-7,9,11H,2-3,8H2,1H3,(H,18,19). The molecule has 4 nitrogen and oxygen atoms in total. The SMILES string of the molecule is CC1CCC(C(=O)O)CN1C(=O)c1ccc(F)cc1. The topological polar surface area (TPSA) is 57.6 Å². The van der Waals surface area contributed by atoms with Gasteiger partial charge in [0.05, 0.1) is 5.92 Å². The van der Waals surface area contributed by atoms with Crippen LogP contribution < -0.4 is 0 Å². The Morgan fingerprint density at radius 1 is 1.26 bits per heavy atom. The average Bonchev–Trinajstić information content (AvgIpc) is 2.39. The van der Waals surface area contributed by atoms with Crippen molar-refractivity contribution in [3.8, 4) is 0 Å². The molecule has 1 N–H and O–H groups in total. The van der Waals surface area contributed by atoms with Crippen LogP contribution >= 0.6 is 0 Å². The fourth-order valence-corrected chi connectivity index (χ4v) is 2.35. The number of carboxylic acids is 1. The van der Waals surface area contributed by atoms with Crippen LogP contribution in [0.3, 0.4) is 0 Å². The number of likely N-dealkylation sites (tertiary alicyclic amines) is 1. The Labute approximate surface area is 110 Å². The van der Waals surface area contributed by atoms with Gasteiger partial charge in [-0.2, -0.15) is 0 Å². The molecule has 5 heteroatoms. The molecular weight excluding hydrogens is 249 g/mol. The maximum absolute atomic E-state index is 12.8. The number of aliphatic carboxylic acids is 1. The van der Waals surface area contributed by atoms with E-state index >= 15 is 0 Å². The van der Waals surface area contributed by atoms with Crippen molar-refractivity contribution in [2.45, 2.75) is 25.8 Å². The second-order valence-electron chi connectivity index (χ2n) is 4.93. The molecule has 1 saturated heterocycles. The number of hydrogen-bond acceptors (Lipinski definition) is 2. The molecule has 102 valence electrons. The highest BCUT2D eigenvalue weighted by atomic mass is 19.1. The molecule has 1 aliphatic rings. The van der Waals surface area contributed by atoms with Crippen LogP contribution in [0.25, 0.3) is 0 Å². The van der Waals surface area contributed by atoms with Crippen molar-refractivity contribution in [2.24, 2.45) is 5.92 Å². The average molecular weight is 265 g/mol. The minimum Gasteiger partial charge on any atom is -0.481 e. The predicted molar refractivity (Wildman–Crippen MR) is 67.3 cm³/mol. The largest absolute Gasteiger partial charge is 0.481 e. The van der Waals surface area contributed by atoms with Crippen molar-refractivity contribution in [3.05, 3.63) is 35.6 Å². The molecule has 19 heavy (non-hydrogen) atoms. The van der Waals surface area contributed by atoms with Crippen molar-refractivity contribution < 1.29 is 19.1 Å². The molecule has 1 aliphatic heterocycles. The van der Waals surface area contributed by atoms with Crippen LogP contribution in [-0.2, 0) is 4.79 Å². The molecule has 2 unspecified atom stereocenters. The van der Waals surface area contributed by atoms with Crippen molar-refractivity contribution in [1.82, 2.24) is 4.90 Å². The van der Waals surface area contributed by atoms with E-state index in [1.165, 1.54) is 24.3 Å². The van der Waals surface area contributed by atoms with Gasteiger partial charge in [-0.3, -0.25) is 9.59 Å². The lowest BCUT2D eigenvalue weighted by Gasteiger charge is -2.36. The molecule has 1 aromatic rings. The summed E-state index contributed by atoms with van der Waals surface area (Å²) in [7, 11) is 0. The van der Waals surface area contributed by atoms with E-state index < -0.39 is 17.7 Å². The summed E-state index contributed by atoms with van der Waals surface area (Å²) in [5.41, 5.74) is 0.388. The molecule has 1 aromatic carbocycles. The molecule has 2 rings (SSSR count). The van der Waals surface area contributed by atoms with Crippen molar-refractivity contribution in [2.75, 3.05) is 6.54 Å². The smallest absolute Gasteiger partial charge is 0.308 e. The third kappa shape index (κ3) is 2.92. The minimum atomic E-state index is -0.871. The van der Waals surface area contributed by atoms with Gasteiger partial charge in [-0.25, -0.2) is 4.39 Å². The second-order valence-corrected chi connectivity index (χ2v) is 4.93. The van der Waals surface area contributed by atoms with Gasteiger partial charge in [0, 0.05) is 18.2 Å². The quantitative estimate of drug-likeness (QED) is 0.891. The molecule has 1 amide bonds. The first-order chi connectivity index (χ1) is 8.99. The fourth-order valence-electron chi connectivity index (χ4n) is 2.35. The Balaban J connectivity index is 2.16. The van der Waals surface area contributed by atoms with E-state index in [-0.39, 0.29) is 18.5 Å². The van der Waals surface area contributed by atoms with Crippen LogP contribution in [0.2, 0.25) is 0 Å². The van der Waals surface area contributed by atoms with Crippen LogP contribution in [0, 0.1) is 11.7 Å². The van der Waals surface area contributed by atoms with Gasteiger partial charge in [0.2, 0.25) is 0 Å². The highest BCUT2D eigenvalue weighted by Crippen LogP contribution is 2.24. The number of nitrogens with zero attached hydrogens (tertiary/aromatic N) is 1. The number of rotatable bonds is 2. The Bertz CT molecular complexity index is 486. The zero-order valence-electron chi connectivity index (χ0n) is 10.7. The Hall–Kier alpha value is -1.91. The summed E-state index contributed by atoms with van der Waals surface area (Å²) in [6, 6.07) is 5.32.